The van der Waals surface area contributed by atoms with Crippen molar-refractivity contribution in [3.63, 3.8) is 0 Å². The van der Waals surface area contributed by atoms with E-state index in [1.165, 1.54) is 6.07 Å². The van der Waals surface area contributed by atoms with Gasteiger partial charge in [0.1, 0.15) is 5.92 Å². The summed E-state index contributed by atoms with van der Waals surface area (Å²) in [5.41, 5.74) is 0.539. The Kier molecular flexibility index (Phi) is 2.74. The van der Waals surface area contributed by atoms with E-state index in [2.05, 4.69) is 4.40 Å². The highest BCUT2D eigenvalue weighted by Gasteiger charge is 2.34. The third kappa shape index (κ3) is 1.84. The molecule has 1 aromatic rings. The molecule has 1 aliphatic heterocycles. The van der Waals surface area contributed by atoms with Gasteiger partial charge in [-0.05, 0) is 12.5 Å². The fourth-order valence-electron chi connectivity index (χ4n) is 1.87. The van der Waals surface area contributed by atoms with Gasteiger partial charge in [-0.15, -0.1) is 0 Å². The van der Waals surface area contributed by atoms with Crippen molar-refractivity contribution in [2.45, 2.75) is 18.2 Å². The van der Waals surface area contributed by atoms with Gasteiger partial charge in [0.15, 0.2) is 0 Å². The number of aliphatic carboxylic acids is 1. The summed E-state index contributed by atoms with van der Waals surface area (Å²) in [5, 5.41) is 9.05. The van der Waals surface area contributed by atoms with Crippen LogP contribution >= 0.6 is 0 Å². The molecule has 2 rings (SSSR count). The van der Waals surface area contributed by atoms with Crippen LogP contribution in [0.25, 0.3) is 0 Å². The van der Waals surface area contributed by atoms with Crippen LogP contribution in [0.2, 0.25) is 0 Å². The van der Waals surface area contributed by atoms with Crippen molar-refractivity contribution in [2.24, 2.45) is 10.3 Å². The number of benzene rings is 1. The Morgan fingerprint density at radius 3 is 2.65 bits per heavy atom. The van der Waals surface area contributed by atoms with Crippen LogP contribution in [0.15, 0.2) is 33.6 Å². The van der Waals surface area contributed by atoms with Crippen LogP contribution in [0, 0.1) is 5.92 Å². The number of hydrogen-bond acceptors (Lipinski definition) is 3. The van der Waals surface area contributed by atoms with E-state index in [1.54, 1.807) is 25.1 Å². The fraction of sp³-hybridized carbons (Fsp3) is 0.273. The molecule has 17 heavy (non-hydrogen) atoms. The summed E-state index contributed by atoms with van der Waals surface area (Å²) in [7, 11) is -3.72. The van der Waals surface area contributed by atoms with Gasteiger partial charge in [-0.3, -0.25) is 4.79 Å². The third-order valence-corrected chi connectivity index (χ3v) is 4.04. The maximum Gasteiger partial charge on any atom is 0.312 e. The molecule has 0 bridgehead atoms. The first-order valence-electron chi connectivity index (χ1n) is 5.14. The van der Waals surface area contributed by atoms with E-state index < -0.39 is 21.9 Å². The monoisotopic (exact) mass is 253 g/mol. The van der Waals surface area contributed by atoms with Crippen molar-refractivity contribution in [3.8, 4) is 0 Å². The smallest absolute Gasteiger partial charge is 0.312 e. The van der Waals surface area contributed by atoms with E-state index in [4.69, 9.17) is 5.11 Å². The zero-order valence-corrected chi connectivity index (χ0v) is 9.94. The molecule has 1 heterocycles. The van der Waals surface area contributed by atoms with Crippen LogP contribution in [0.3, 0.4) is 0 Å². The second-order valence-electron chi connectivity index (χ2n) is 3.75. The lowest BCUT2D eigenvalue weighted by molar-refractivity contribution is -0.139. The van der Waals surface area contributed by atoms with Crippen LogP contribution in [0.1, 0.15) is 18.9 Å². The largest absolute Gasteiger partial charge is 0.481 e. The highest BCUT2D eigenvalue weighted by atomic mass is 32.2. The maximum atomic E-state index is 11.7. The summed E-state index contributed by atoms with van der Waals surface area (Å²) in [5.74, 6) is -1.94. The molecule has 1 unspecified atom stereocenters. The Hall–Kier alpha value is -1.69. The van der Waals surface area contributed by atoms with Crippen LogP contribution in [-0.4, -0.2) is 25.2 Å². The minimum absolute atomic E-state index is 0.0923. The molecule has 0 aromatic heterocycles. The Balaban J connectivity index is 2.62. The molecule has 90 valence electrons. The van der Waals surface area contributed by atoms with E-state index >= 15 is 0 Å². The summed E-state index contributed by atoms with van der Waals surface area (Å²) < 4.78 is 27.0. The number of fused-ring (bicyclic) bond motifs is 1. The SMILES string of the molecule is CCC(C(=O)O)C1=NS(=O)(=O)c2ccccc21. The number of carbonyl (C=O) groups is 1. The van der Waals surface area contributed by atoms with Gasteiger partial charge < -0.3 is 5.11 Å². The van der Waals surface area contributed by atoms with Gasteiger partial charge in [0.2, 0.25) is 0 Å². The first-order chi connectivity index (χ1) is 7.97. The second-order valence-corrected chi connectivity index (χ2v) is 5.32. The maximum absolute atomic E-state index is 11.7. The quantitative estimate of drug-likeness (QED) is 0.879. The topological polar surface area (TPSA) is 83.8 Å². The molecule has 6 heteroatoms. The Morgan fingerprint density at radius 2 is 2.06 bits per heavy atom. The zero-order valence-electron chi connectivity index (χ0n) is 9.12. The molecule has 0 radical (unpaired) electrons. The molecule has 1 atom stereocenters. The van der Waals surface area contributed by atoms with Crippen LogP contribution in [-0.2, 0) is 14.8 Å². The number of carboxylic acids is 1. The van der Waals surface area contributed by atoms with Gasteiger partial charge >= 0.3 is 5.97 Å². The van der Waals surface area contributed by atoms with Crippen LogP contribution < -0.4 is 0 Å². The van der Waals surface area contributed by atoms with E-state index in [-0.39, 0.29) is 10.6 Å². The molecule has 0 saturated carbocycles. The standard InChI is InChI=1S/C11H11NO4S/c1-2-7(11(13)14)10-8-5-3-4-6-9(8)17(15,16)12-10/h3-7H,2H2,1H3,(H,13,14). The van der Waals surface area contributed by atoms with Gasteiger partial charge in [-0.1, -0.05) is 25.1 Å². The van der Waals surface area contributed by atoms with Gasteiger partial charge in [0.05, 0.1) is 10.6 Å². The average Bonchev–Trinajstić information content (AvgIpc) is 2.53. The molecule has 0 saturated heterocycles. The predicted molar refractivity (Wildman–Crippen MR) is 61.6 cm³/mol. The third-order valence-electron chi connectivity index (χ3n) is 2.70. The van der Waals surface area contributed by atoms with Crippen molar-refractivity contribution in [1.29, 1.82) is 0 Å². The first kappa shape index (κ1) is 11.8. The Morgan fingerprint density at radius 1 is 1.41 bits per heavy atom. The number of nitrogens with zero attached hydrogens (tertiary/aromatic N) is 1. The van der Waals surface area contributed by atoms with Crippen molar-refractivity contribution < 1.29 is 18.3 Å². The lowest BCUT2D eigenvalue weighted by Crippen LogP contribution is -2.22. The van der Waals surface area contributed by atoms with Crippen molar-refractivity contribution in [3.05, 3.63) is 29.8 Å². The van der Waals surface area contributed by atoms with Gasteiger partial charge in [0.25, 0.3) is 10.0 Å². The van der Waals surface area contributed by atoms with Crippen molar-refractivity contribution in [1.82, 2.24) is 0 Å². The lowest BCUT2D eigenvalue weighted by atomic mass is 9.95. The second kappa shape index (κ2) is 3.96. The van der Waals surface area contributed by atoms with E-state index in [0.717, 1.165) is 0 Å². The van der Waals surface area contributed by atoms with Gasteiger partial charge in [-0.25, -0.2) is 0 Å². The van der Waals surface area contributed by atoms with Crippen LogP contribution in [0.4, 0.5) is 0 Å². The Labute approximate surface area is 98.9 Å². The molecular weight excluding hydrogens is 242 g/mol. The molecule has 0 aliphatic carbocycles. The molecule has 0 spiro atoms. The molecule has 1 aliphatic rings. The Bertz CT molecular complexity index is 604. The number of sulfonamides is 1. The van der Waals surface area contributed by atoms with Gasteiger partial charge in [-0.2, -0.15) is 12.8 Å². The van der Waals surface area contributed by atoms with E-state index in [1.807, 2.05) is 0 Å². The van der Waals surface area contributed by atoms with Crippen molar-refractivity contribution >= 4 is 21.7 Å². The minimum Gasteiger partial charge on any atom is -0.481 e. The highest BCUT2D eigenvalue weighted by molar-refractivity contribution is 7.90. The number of hydrogen-bond donors (Lipinski definition) is 1. The molecular formula is C11H11NO4S. The molecule has 0 amide bonds. The summed E-state index contributed by atoms with van der Waals surface area (Å²) in [4.78, 5) is 11.2. The molecule has 0 fully saturated rings. The van der Waals surface area contributed by atoms with Gasteiger partial charge in [0, 0.05) is 5.56 Å². The number of carboxylic acid groups (broad SMARTS) is 1. The first-order valence-corrected chi connectivity index (χ1v) is 6.58. The highest BCUT2D eigenvalue weighted by Crippen LogP contribution is 2.29. The summed E-state index contributed by atoms with van der Waals surface area (Å²) in [6.07, 6.45) is 0.304. The molecule has 1 N–H and O–H groups in total. The minimum atomic E-state index is -3.72. The van der Waals surface area contributed by atoms with Crippen LogP contribution in [0.5, 0.6) is 0 Å². The lowest BCUT2D eigenvalue weighted by Gasteiger charge is -2.09. The van der Waals surface area contributed by atoms with E-state index in [0.29, 0.717) is 12.0 Å². The number of rotatable bonds is 3. The molecule has 1 aromatic carbocycles. The normalized spacial score (nSPS) is 18.3. The summed E-state index contributed by atoms with van der Waals surface area (Å²) in [6, 6.07) is 6.29. The summed E-state index contributed by atoms with van der Waals surface area (Å²) in [6.45, 7) is 1.69. The fourth-order valence-corrected chi connectivity index (χ4v) is 3.15. The zero-order chi connectivity index (χ0) is 12.6. The predicted octanol–water partition coefficient (Wildman–Crippen LogP) is 1.29. The average molecular weight is 253 g/mol. The van der Waals surface area contributed by atoms with Crippen molar-refractivity contribution in [2.75, 3.05) is 0 Å². The molecule has 5 nitrogen and oxygen atoms in total. The van der Waals surface area contributed by atoms with E-state index in [9.17, 15) is 13.2 Å². The summed E-state index contributed by atoms with van der Waals surface area (Å²) >= 11 is 0.